The molecule has 0 aliphatic heterocycles. The van der Waals surface area contributed by atoms with Crippen LogP contribution in [0.4, 0.5) is 0 Å². The molecule has 0 aliphatic rings. The number of nitrogens with zero attached hydrogens (tertiary/aromatic N) is 1. The number of nitrogens with one attached hydrogen (secondary N) is 2. The molecule has 3 heteroatoms. The average molecular weight is 183 g/mol. The minimum atomic E-state index is 0.362. The van der Waals surface area contributed by atoms with E-state index in [1.54, 1.807) is 6.20 Å². The van der Waals surface area contributed by atoms with Gasteiger partial charge >= 0.3 is 0 Å². The molecule has 13 heavy (non-hydrogen) atoms. The van der Waals surface area contributed by atoms with E-state index in [4.69, 9.17) is 0 Å². The van der Waals surface area contributed by atoms with Gasteiger partial charge in [-0.3, -0.25) is 4.99 Å². The van der Waals surface area contributed by atoms with Gasteiger partial charge in [-0.05, 0) is 20.4 Å². The molecule has 76 valence electrons. The Balaban J connectivity index is 4.21. The summed E-state index contributed by atoms with van der Waals surface area (Å²) >= 11 is 0. The van der Waals surface area contributed by atoms with Crippen LogP contribution in [0.2, 0.25) is 0 Å². The van der Waals surface area contributed by atoms with Crippen molar-refractivity contribution in [2.45, 2.75) is 32.7 Å². The first-order valence-corrected chi connectivity index (χ1v) is 4.82. The van der Waals surface area contributed by atoms with Crippen molar-refractivity contribution in [1.29, 1.82) is 0 Å². The Morgan fingerprint density at radius 1 is 1.46 bits per heavy atom. The molecule has 0 aromatic rings. The van der Waals surface area contributed by atoms with Gasteiger partial charge in [-0.25, -0.2) is 0 Å². The molecule has 0 saturated carbocycles. The quantitative estimate of drug-likeness (QED) is 0.613. The molecule has 0 saturated heterocycles. The number of hydrogen-bond acceptors (Lipinski definition) is 3. The minimum Gasteiger partial charge on any atom is -0.393 e. The predicted octanol–water partition coefficient (Wildman–Crippen LogP) is 1.53. The maximum Gasteiger partial charge on any atom is 0.0424 e. The Morgan fingerprint density at radius 3 is 2.62 bits per heavy atom. The Hall–Kier alpha value is -0.830. The lowest BCUT2D eigenvalue weighted by Gasteiger charge is -2.12. The Labute approximate surface area is 81.3 Å². The minimum absolute atomic E-state index is 0.362. The van der Waals surface area contributed by atoms with E-state index in [2.05, 4.69) is 29.5 Å². The fourth-order valence-corrected chi connectivity index (χ4v) is 1.02. The van der Waals surface area contributed by atoms with Gasteiger partial charge in [-0.15, -0.1) is 0 Å². The van der Waals surface area contributed by atoms with Crippen LogP contribution in [0, 0.1) is 0 Å². The Morgan fingerprint density at radius 2 is 2.15 bits per heavy atom. The molecule has 0 fully saturated rings. The Bertz CT molecular complexity index is 173. The van der Waals surface area contributed by atoms with Crippen molar-refractivity contribution in [3.05, 3.63) is 12.4 Å². The monoisotopic (exact) mass is 183 g/mol. The zero-order valence-electron chi connectivity index (χ0n) is 9.09. The van der Waals surface area contributed by atoms with E-state index in [0.29, 0.717) is 6.04 Å². The van der Waals surface area contributed by atoms with Gasteiger partial charge in [-0.2, -0.15) is 0 Å². The summed E-state index contributed by atoms with van der Waals surface area (Å²) in [5.74, 6) is 0. The fourth-order valence-electron chi connectivity index (χ4n) is 1.02. The largest absolute Gasteiger partial charge is 0.393 e. The lowest BCUT2D eigenvalue weighted by Crippen LogP contribution is -2.30. The van der Waals surface area contributed by atoms with Crippen molar-refractivity contribution in [2.24, 2.45) is 4.99 Å². The number of hydrogen-bond donors (Lipinski definition) is 2. The highest BCUT2D eigenvalue weighted by molar-refractivity contribution is 5.89. The third kappa shape index (κ3) is 5.42. The van der Waals surface area contributed by atoms with Gasteiger partial charge in [0.15, 0.2) is 0 Å². The molecular weight excluding hydrogens is 162 g/mol. The molecule has 0 spiro atoms. The summed E-state index contributed by atoms with van der Waals surface area (Å²) in [7, 11) is 3.82. The van der Waals surface area contributed by atoms with Gasteiger partial charge in [-0.1, -0.05) is 13.3 Å². The zero-order valence-corrected chi connectivity index (χ0v) is 9.09. The van der Waals surface area contributed by atoms with Gasteiger partial charge in [0.05, 0.1) is 0 Å². The van der Waals surface area contributed by atoms with Crippen LogP contribution in [0.25, 0.3) is 0 Å². The molecule has 0 radical (unpaired) electrons. The molecule has 0 aromatic carbocycles. The Kier molecular flexibility index (Phi) is 7.30. The van der Waals surface area contributed by atoms with E-state index in [1.807, 2.05) is 20.3 Å². The summed E-state index contributed by atoms with van der Waals surface area (Å²) in [6.07, 6.45) is 5.82. The molecule has 0 aliphatic carbocycles. The van der Waals surface area contributed by atoms with Gasteiger partial charge in [0, 0.05) is 31.2 Å². The topological polar surface area (TPSA) is 36.4 Å². The maximum absolute atomic E-state index is 4.39. The van der Waals surface area contributed by atoms with Crippen LogP contribution in [-0.2, 0) is 0 Å². The van der Waals surface area contributed by atoms with Crippen molar-refractivity contribution in [2.75, 3.05) is 14.1 Å². The second kappa shape index (κ2) is 7.80. The van der Waals surface area contributed by atoms with Crippen LogP contribution in [0.5, 0.6) is 0 Å². The van der Waals surface area contributed by atoms with E-state index < -0.39 is 0 Å². The van der Waals surface area contributed by atoms with Crippen molar-refractivity contribution in [1.82, 2.24) is 10.6 Å². The average Bonchev–Trinajstić information content (AvgIpc) is 2.16. The van der Waals surface area contributed by atoms with E-state index in [1.165, 1.54) is 5.71 Å². The molecule has 1 unspecified atom stereocenters. The van der Waals surface area contributed by atoms with Gasteiger partial charge in [0.2, 0.25) is 0 Å². The third-order valence-electron chi connectivity index (χ3n) is 1.92. The van der Waals surface area contributed by atoms with Crippen molar-refractivity contribution in [3.63, 3.8) is 0 Å². The normalized spacial score (nSPS) is 14.9. The van der Waals surface area contributed by atoms with Crippen LogP contribution in [0.3, 0.4) is 0 Å². The molecule has 0 aromatic heterocycles. The lowest BCUT2D eigenvalue weighted by molar-refractivity contribution is 0.740. The standard InChI is InChI=1S/C10H21N3/c1-5-6-10(9(2)12-4)13-8-7-11-3/h7-9,11-12H,5-6H2,1-4H3/b8-7-,13-10?. The number of aliphatic imine (C=N–C) groups is 1. The first-order chi connectivity index (χ1) is 6.26. The van der Waals surface area contributed by atoms with Crippen molar-refractivity contribution in [3.8, 4) is 0 Å². The summed E-state index contributed by atoms with van der Waals surface area (Å²) in [4.78, 5) is 4.39. The van der Waals surface area contributed by atoms with Gasteiger partial charge in [0.1, 0.15) is 0 Å². The smallest absolute Gasteiger partial charge is 0.0424 e. The first kappa shape index (κ1) is 12.2. The molecule has 2 N–H and O–H groups in total. The molecule has 0 amide bonds. The van der Waals surface area contributed by atoms with E-state index in [9.17, 15) is 0 Å². The number of rotatable bonds is 6. The van der Waals surface area contributed by atoms with E-state index in [-0.39, 0.29) is 0 Å². The first-order valence-electron chi connectivity index (χ1n) is 4.82. The molecule has 0 heterocycles. The molecule has 0 bridgehead atoms. The SMILES string of the molecule is CCCC(=N/C=C\NC)C(C)NC. The van der Waals surface area contributed by atoms with Crippen molar-refractivity contribution < 1.29 is 0 Å². The highest BCUT2D eigenvalue weighted by atomic mass is 14.9. The van der Waals surface area contributed by atoms with Crippen LogP contribution in [0.15, 0.2) is 17.4 Å². The predicted molar refractivity (Wildman–Crippen MR) is 59.1 cm³/mol. The second-order valence-corrected chi connectivity index (χ2v) is 2.99. The highest BCUT2D eigenvalue weighted by Gasteiger charge is 2.05. The van der Waals surface area contributed by atoms with E-state index in [0.717, 1.165) is 12.8 Å². The van der Waals surface area contributed by atoms with Crippen molar-refractivity contribution >= 4 is 5.71 Å². The zero-order chi connectivity index (χ0) is 10.1. The second-order valence-electron chi connectivity index (χ2n) is 2.99. The van der Waals surface area contributed by atoms with Crippen LogP contribution in [0.1, 0.15) is 26.7 Å². The molecular formula is C10H21N3. The molecule has 3 nitrogen and oxygen atoms in total. The summed E-state index contributed by atoms with van der Waals surface area (Å²) in [6, 6.07) is 0.362. The van der Waals surface area contributed by atoms with Crippen LogP contribution >= 0.6 is 0 Å². The summed E-state index contributed by atoms with van der Waals surface area (Å²) < 4.78 is 0. The van der Waals surface area contributed by atoms with Crippen LogP contribution < -0.4 is 10.6 Å². The fraction of sp³-hybridized carbons (Fsp3) is 0.700. The van der Waals surface area contributed by atoms with Gasteiger partial charge in [0.25, 0.3) is 0 Å². The lowest BCUT2D eigenvalue weighted by atomic mass is 10.1. The van der Waals surface area contributed by atoms with E-state index >= 15 is 0 Å². The maximum atomic E-state index is 4.39. The van der Waals surface area contributed by atoms with Crippen LogP contribution in [-0.4, -0.2) is 25.8 Å². The summed E-state index contributed by atoms with van der Waals surface area (Å²) in [5.41, 5.74) is 1.21. The molecule has 0 rings (SSSR count). The molecule has 1 atom stereocenters. The summed E-state index contributed by atoms with van der Waals surface area (Å²) in [5, 5.41) is 6.11. The summed E-state index contributed by atoms with van der Waals surface area (Å²) in [6.45, 7) is 4.29. The van der Waals surface area contributed by atoms with Gasteiger partial charge < -0.3 is 10.6 Å². The highest BCUT2D eigenvalue weighted by Crippen LogP contribution is 1.98. The third-order valence-corrected chi connectivity index (χ3v) is 1.92.